The van der Waals surface area contributed by atoms with Crippen LogP contribution in [0.1, 0.15) is 138 Å². The normalized spacial score (nSPS) is 27.4. The highest BCUT2D eigenvalue weighted by atomic mass is 15.2. The standard InChI is InChI=1S/C80H72BN3/c1-77(2)67-21-13-11-19-59(67)61-25-24-57(38-69(61)77)83-73-40-62-60-20-12-14-22-68(60)78(3,4)70(62)41-71(73)81-75-64(37-58(39-74(75)83)82(55-15-7-5-8-16-55)56-17-9-6-10-18-56)66-36-54(79-28-27-51-32-50(42-79)33-52(51)46-79)35-65-63-34-53(23-26-72(63)84(81)76(65)66)80-43-47-29-48(44-80)31-49(30-47)45-80/h5-26,34-41,47-52H,27-33,42-46H2,1-4H3. The van der Waals surface area contributed by atoms with Crippen molar-refractivity contribution in [1.82, 2.24) is 4.48 Å². The number of fused-ring (bicyclic) bond motifs is 15. The molecule has 4 unspecified atom stereocenters. The van der Waals surface area contributed by atoms with E-state index in [0.717, 1.165) is 35.5 Å². The lowest BCUT2D eigenvalue weighted by molar-refractivity contribution is -0.00512. The van der Waals surface area contributed by atoms with Crippen molar-refractivity contribution in [2.24, 2.45) is 35.5 Å². The molecule has 9 aliphatic carbocycles. The fourth-order valence-electron chi connectivity index (χ4n) is 21.9. The maximum atomic E-state index is 2.92. The average Bonchev–Trinajstić information content (AvgIpc) is 1.42. The van der Waals surface area contributed by atoms with Gasteiger partial charge in [-0.05, 0) is 274 Å². The molecule has 2 aliphatic heterocycles. The third-order valence-corrected chi connectivity index (χ3v) is 25.0. The van der Waals surface area contributed by atoms with E-state index in [1.807, 2.05) is 0 Å². The molecule has 3 nitrogen and oxygen atoms in total. The molecule has 11 aliphatic rings. The average molecular weight is 1090 g/mol. The van der Waals surface area contributed by atoms with E-state index in [2.05, 4.69) is 224 Å². The number of hydrogen-bond donors (Lipinski definition) is 0. The van der Waals surface area contributed by atoms with Gasteiger partial charge in [-0.1, -0.05) is 131 Å². The van der Waals surface area contributed by atoms with Gasteiger partial charge in [-0.2, -0.15) is 0 Å². The highest BCUT2D eigenvalue weighted by Crippen LogP contribution is 2.65. The molecular formula is C80H72BN3. The Morgan fingerprint density at radius 3 is 1.75 bits per heavy atom. The van der Waals surface area contributed by atoms with Gasteiger partial charge in [0, 0.05) is 72.3 Å². The zero-order valence-corrected chi connectivity index (χ0v) is 49.2. The molecule has 4 atom stereocenters. The van der Waals surface area contributed by atoms with E-state index >= 15 is 0 Å². The van der Waals surface area contributed by atoms with Crippen molar-refractivity contribution in [2.75, 3.05) is 9.80 Å². The predicted octanol–water partition coefficient (Wildman–Crippen LogP) is 19.2. The summed E-state index contributed by atoms with van der Waals surface area (Å²) in [6, 6.07) is 72.8. The van der Waals surface area contributed by atoms with E-state index in [0.29, 0.717) is 5.41 Å². The molecule has 1 aromatic heterocycles. The second-order valence-corrected chi connectivity index (χ2v) is 30.0. The predicted molar refractivity (Wildman–Crippen MR) is 349 cm³/mol. The SMILES string of the molecule is CC1(C)c2ccccc2-c2ccc(N3c4cc5c(cc4B4c6c(cc(N(c7ccccc7)c7ccccc7)cc63)-c3cc(C67CCC8CC(CC8C6)C7)cc6c7cc(C89CC%10CC(CC(C%10)C8)C9)ccc7n4c36)C(C)(C)c3ccccc3-5)cc21. The van der Waals surface area contributed by atoms with E-state index < -0.39 is 0 Å². The monoisotopic (exact) mass is 1090 g/mol. The first-order valence-corrected chi connectivity index (χ1v) is 32.5. The molecule has 7 saturated carbocycles. The zero-order chi connectivity index (χ0) is 55.3. The van der Waals surface area contributed by atoms with E-state index in [4.69, 9.17) is 0 Å². The van der Waals surface area contributed by atoms with Gasteiger partial charge >= 0.3 is 6.85 Å². The van der Waals surface area contributed by atoms with Crippen LogP contribution in [0.25, 0.3) is 55.2 Å². The number of nitrogens with zero attached hydrogens (tertiary/aromatic N) is 3. The van der Waals surface area contributed by atoms with Crippen LogP contribution in [0.2, 0.25) is 0 Å². The molecule has 4 heteroatoms. The fraction of sp³-hybridized carbons (Fsp3) is 0.325. The topological polar surface area (TPSA) is 11.4 Å². The smallest absolute Gasteiger partial charge is 0.333 e. The molecule has 9 aromatic carbocycles. The van der Waals surface area contributed by atoms with E-state index in [9.17, 15) is 0 Å². The molecule has 3 heterocycles. The summed E-state index contributed by atoms with van der Waals surface area (Å²) in [6.07, 6.45) is 16.9. The summed E-state index contributed by atoms with van der Waals surface area (Å²) in [6.45, 7) is 9.79. The summed E-state index contributed by atoms with van der Waals surface area (Å²) in [5.74, 6) is 5.32. The van der Waals surface area contributed by atoms with Crippen LogP contribution < -0.4 is 20.7 Å². The molecule has 10 aromatic rings. The Morgan fingerprint density at radius 2 is 1.04 bits per heavy atom. The third-order valence-electron chi connectivity index (χ3n) is 25.0. The number of benzene rings is 9. The maximum Gasteiger partial charge on any atom is 0.333 e. The van der Waals surface area contributed by atoms with Crippen molar-refractivity contribution < 1.29 is 0 Å². The second kappa shape index (κ2) is 16.2. The van der Waals surface area contributed by atoms with Gasteiger partial charge in [0.25, 0.3) is 0 Å². The van der Waals surface area contributed by atoms with Crippen molar-refractivity contribution in [3.63, 3.8) is 0 Å². The first-order chi connectivity index (χ1) is 41.0. The largest absolute Gasteiger partial charge is 0.375 e. The van der Waals surface area contributed by atoms with Crippen molar-refractivity contribution in [1.29, 1.82) is 0 Å². The lowest BCUT2D eigenvalue weighted by Gasteiger charge is -2.57. The zero-order valence-electron chi connectivity index (χ0n) is 49.2. The van der Waals surface area contributed by atoms with Gasteiger partial charge in [0.2, 0.25) is 0 Å². The fourth-order valence-corrected chi connectivity index (χ4v) is 21.9. The van der Waals surface area contributed by atoms with Crippen molar-refractivity contribution in [2.45, 2.75) is 126 Å². The van der Waals surface area contributed by atoms with Gasteiger partial charge in [-0.15, -0.1) is 0 Å². The van der Waals surface area contributed by atoms with Gasteiger partial charge in [0.05, 0.1) is 0 Å². The third kappa shape index (κ3) is 6.15. The first kappa shape index (κ1) is 47.8. The molecule has 7 bridgehead atoms. The molecule has 0 amide bonds. The number of para-hydroxylation sites is 2. The molecule has 0 spiro atoms. The Kier molecular flexibility index (Phi) is 9.24. The van der Waals surface area contributed by atoms with Gasteiger partial charge in [-0.25, -0.2) is 0 Å². The lowest BCUT2D eigenvalue weighted by Crippen LogP contribution is -2.57. The van der Waals surface area contributed by atoms with Crippen LogP contribution in [0.15, 0.2) is 182 Å². The summed E-state index contributed by atoms with van der Waals surface area (Å²) >= 11 is 0. The molecule has 7 fully saturated rings. The van der Waals surface area contributed by atoms with Gasteiger partial charge in [0.15, 0.2) is 0 Å². The van der Waals surface area contributed by atoms with E-state index in [1.165, 1.54) is 200 Å². The molecule has 0 N–H and O–H groups in total. The quantitative estimate of drug-likeness (QED) is 0.154. The van der Waals surface area contributed by atoms with Crippen LogP contribution in [0.5, 0.6) is 0 Å². The Hall–Kier alpha value is -7.56. The Balaban J connectivity index is 0.923. The first-order valence-electron chi connectivity index (χ1n) is 32.5. The van der Waals surface area contributed by atoms with Crippen LogP contribution in [0.4, 0.5) is 34.1 Å². The Labute approximate surface area is 495 Å². The molecule has 0 radical (unpaired) electrons. The van der Waals surface area contributed by atoms with Crippen molar-refractivity contribution in [3.05, 3.63) is 215 Å². The minimum Gasteiger partial charge on any atom is -0.375 e. The van der Waals surface area contributed by atoms with Gasteiger partial charge in [-0.3, -0.25) is 0 Å². The van der Waals surface area contributed by atoms with Gasteiger partial charge < -0.3 is 14.3 Å². The van der Waals surface area contributed by atoms with Crippen LogP contribution in [-0.4, -0.2) is 11.3 Å². The number of hydrogen-bond acceptors (Lipinski definition) is 2. The van der Waals surface area contributed by atoms with E-state index in [1.54, 1.807) is 11.1 Å². The summed E-state index contributed by atoms with van der Waals surface area (Å²) in [5.41, 5.74) is 30.4. The van der Waals surface area contributed by atoms with Crippen LogP contribution in [0.3, 0.4) is 0 Å². The minimum atomic E-state index is -0.173. The maximum absolute atomic E-state index is 2.92. The lowest BCUT2D eigenvalue weighted by atomic mass is 9.44. The molecule has 410 valence electrons. The van der Waals surface area contributed by atoms with E-state index in [-0.39, 0.29) is 23.1 Å². The Bertz CT molecular complexity index is 4460. The second-order valence-electron chi connectivity index (χ2n) is 30.0. The summed E-state index contributed by atoms with van der Waals surface area (Å²) in [4.78, 5) is 5.29. The van der Waals surface area contributed by atoms with Crippen LogP contribution >= 0.6 is 0 Å². The molecule has 0 saturated heterocycles. The number of aromatic nitrogens is 1. The number of rotatable bonds is 6. The van der Waals surface area contributed by atoms with Crippen molar-refractivity contribution >= 4 is 73.7 Å². The minimum absolute atomic E-state index is 0.0694. The summed E-state index contributed by atoms with van der Waals surface area (Å²) in [5, 5.41) is 2.99. The molecule has 84 heavy (non-hydrogen) atoms. The highest BCUT2D eigenvalue weighted by Gasteiger charge is 2.55. The number of anilines is 6. The summed E-state index contributed by atoms with van der Waals surface area (Å²) in [7, 11) is 0. The Morgan fingerprint density at radius 1 is 0.429 bits per heavy atom. The van der Waals surface area contributed by atoms with Crippen molar-refractivity contribution in [3.8, 4) is 33.4 Å². The van der Waals surface area contributed by atoms with Crippen LogP contribution in [-0.2, 0) is 21.7 Å². The molecule has 21 rings (SSSR count). The molecular weight excluding hydrogens is 1010 g/mol. The summed E-state index contributed by atoms with van der Waals surface area (Å²) < 4.78 is 2.92. The highest BCUT2D eigenvalue weighted by molar-refractivity contribution is 6.90. The van der Waals surface area contributed by atoms with Gasteiger partial charge in [0.1, 0.15) is 0 Å². The van der Waals surface area contributed by atoms with Crippen LogP contribution in [0, 0.1) is 35.5 Å².